The van der Waals surface area contributed by atoms with Crippen LogP contribution in [0.25, 0.3) is 10.9 Å². The minimum absolute atomic E-state index is 0.192. The van der Waals surface area contributed by atoms with Crippen LogP contribution in [0.4, 0.5) is 4.39 Å². The summed E-state index contributed by atoms with van der Waals surface area (Å²) in [7, 11) is 0. The normalized spacial score (nSPS) is 12.5. The van der Waals surface area contributed by atoms with E-state index < -0.39 is 0 Å². The van der Waals surface area contributed by atoms with Crippen molar-refractivity contribution in [3.05, 3.63) is 75.2 Å². The van der Waals surface area contributed by atoms with Crippen molar-refractivity contribution in [3.8, 4) is 0 Å². The molecule has 21 heavy (non-hydrogen) atoms. The smallest absolute Gasteiger partial charge is 0.124 e. The molecule has 0 saturated heterocycles. The van der Waals surface area contributed by atoms with Gasteiger partial charge in [-0.05, 0) is 64.0 Å². The van der Waals surface area contributed by atoms with Gasteiger partial charge in [0.05, 0.1) is 11.6 Å². The molecule has 0 aliphatic heterocycles. The lowest BCUT2D eigenvalue weighted by molar-refractivity contribution is 0.613. The Morgan fingerprint density at radius 1 is 1.14 bits per heavy atom. The number of halogens is 2. The first-order valence-corrected chi connectivity index (χ1v) is 7.52. The summed E-state index contributed by atoms with van der Waals surface area (Å²) < 4.78 is 14.1. The minimum Gasteiger partial charge on any atom is -0.271 e. The molecule has 5 heteroatoms. The zero-order valence-corrected chi connectivity index (χ0v) is 13.2. The number of hydrazine groups is 1. The fourth-order valence-corrected chi connectivity index (χ4v) is 3.16. The van der Waals surface area contributed by atoms with Crippen molar-refractivity contribution in [2.45, 2.75) is 6.04 Å². The van der Waals surface area contributed by atoms with E-state index in [9.17, 15) is 4.39 Å². The summed E-state index contributed by atoms with van der Waals surface area (Å²) in [6, 6.07) is 14.4. The van der Waals surface area contributed by atoms with Gasteiger partial charge in [-0.15, -0.1) is 0 Å². The van der Waals surface area contributed by atoms with Crippen LogP contribution in [-0.2, 0) is 0 Å². The first kappa shape index (κ1) is 14.4. The maximum atomic E-state index is 13.3. The van der Waals surface area contributed by atoms with Crippen LogP contribution < -0.4 is 11.3 Å². The van der Waals surface area contributed by atoms with Crippen LogP contribution >= 0.6 is 22.6 Å². The topological polar surface area (TPSA) is 50.9 Å². The Balaban J connectivity index is 2.09. The Hall–Kier alpha value is -1.57. The molecule has 2 aromatic carbocycles. The van der Waals surface area contributed by atoms with E-state index >= 15 is 0 Å². The van der Waals surface area contributed by atoms with Crippen LogP contribution in [0.15, 0.2) is 54.7 Å². The quantitative estimate of drug-likeness (QED) is 0.407. The molecular weight excluding hydrogens is 380 g/mol. The van der Waals surface area contributed by atoms with Crippen molar-refractivity contribution in [3.63, 3.8) is 0 Å². The summed E-state index contributed by atoms with van der Waals surface area (Å²) in [6.45, 7) is 0. The van der Waals surface area contributed by atoms with Crippen LogP contribution in [-0.4, -0.2) is 4.98 Å². The SMILES string of the molecule is NNC(c1ccc2ncccc2c1)c1ccc(F)cc1I. The van der Waals surface area contributed by atoms with Gasteiger partial charge in [-0.1, -0.05) is 18.2 Å². The molecule has 1 unspecified atom stereocenters. The predicted octanol–water partition coefficient (Wildman–Crippen LogP) is 3.53. The molecule has 106 valence electrons. The number of rotatable bonds is 3. The molecule has 3 N–H and O–H groups in total. The second-order valence-corrected chi connectivity index (χ2v) is 5.88. The summed E-state index contributed by atoms with van der Waals surface area (Å²) in [5.41, 5.74) is 5.71. The number of nitrogens with one attached hydrogen (secondary N) is 1. The van der Waals surface area contributed by atoms with Crippen molar-refractivity contribution in [1.82, 2.24) is 10.4 Å². The van der Waals surface area contributed by atoms with E-state index in [0.29, 0.717) is 0 Å². The first-order chi connectivity index (χ1) is 10.2. The standard InChI is InChI=1S/C16H13FIN3/c17-12-4-5-13(14(18)9-12)16(21-19)11-3-6-15-10(8-11)2-1-7-20-15/h1-9,16,21H,19H2. The van der Waals surface area contributed by atoms with Gasteiger partial charge >= 0.3 is 0 Å². The average Bonchev–Trinajstić information content (AvgIpc) is 2.50. The number of pyridine rings is 1. The van der Waals surface area contributed by atoms with E-state index in [-0.39, 0.29) is 11.9 Å². The van der Waals surface area contributed by atoms with Gasteiger partial charge in [0.25, 0.3) is 0 Å². The lowest BCUT2D eigenvalue weighted by Gasteiger charge is -2.19. The Morgan fingerprint density at radius 2 is 2.00 bits per heavy atom. The van der Waals surface area contributed by atoms with Crippen molar-refractivity contribution in [2.24, 2.45) is 5.84 Å². The van der Waals surface area contributed by atoms with E-state index in [0.717, 1.165) is 25.6 Å². The number of hydrogen-bond acceptors (Lipinski definition) is 3. The van der Waals surface area contributed by atoms with Crippen LogP contribution in [0.5, 0.6) is 0 Å². The highest BCUT2D eigenvalue weighted by Gasteiger charge is 2.16. The third-order valence-electron chi connectivity index (χ3n) is 3.40. The van der Waals surface area contributed by atoms with Crippen molar-refractivity contribution in [1.29, 1.82) is 0 Å². The highest BCUT2D eigenvalue weighted by atomic mass is 127. The van der Waals surface area contributed by atoms with E-state index in [4.69, 9.17) is 5.84 Å². The zero-order chi connectivity index (χ0) is 14.8. The van der Waals surface area contributed by atoms with Crippen molar-refractivity contribution >= 4 is 33.5 Å². The summed E-state index contributed by atoms with van der Waals surface area (Å²) in [5, 5.41) is 1.05. The van der Waals surface area contributed by atoms with Crippen LogP contribution in [0.3, 0.4) is 0 Å². The largest absolute Gasteiger partial charge is 0.271 e. The molecule has 0 saturated carbocycles. The molecule has 3 nitrogen and oxygen atoms in total. The molecule has 1 heterocycles. The molecule has 0 bridgehead atoms. The summed E-state index contributed by atoms with van der Waals surface area (Å²) in [4.78, 5) is 4.31. The van der Waals surface area contributed by atoms with E-state index in [1.54, 1.807) is 12.3 Å². The maximum Gasteiger partial charge on any atom is 0.124 e. The summed E-state index contributed by atoms with van der Waals surface area (Å²) in [5.74, 6) is 5.48. The molecule has 0 aliphatic carbocycles. The lowest BCUT2D eigenvalue weighted by atomic mass is 9.98. The third-order valence-corrected chi connectivity index (χ3v) is 4.33. The fourth-order valence-electron chi connectivity index (χ4n) is 2.37. The number of nitrogens with two attached hydrogens (primary N) is 1. The van der Waals surface area contributed by atoms with Crippen LogP contribution in [0.2, 0.25) is 0 Å². The predicted molar refractivity (Wildman–Crippen MR) is 90.0 cm³/mol. The van der Waals surface area contributed by atoms with Crippen LogP contribution in [0, 0.1) is 9.39 Å². The van der Waals surface area contributed by atoms with E-state index in [2.05, 4.69) is 33.0 Å². The molecule has 0 radical (unpaired) electrons. The van der Waals surface area contributed by atoms with Gasteiger partial charge in [0.15, 0.2) is 0 Å². The van der Waals surface area contributed by atoms with E-state index in [1.807, 2.05) is 30.3 Å². The maximum absolute atomic E-state index is 13.3. The van der Waals surface area contributed by atoms with Gasteiger partial charge < -0.3 is 0 Å². The first-order valence-electron chi connectivity index (χ1n) is 6.45. The third kappa shape index (κ3) is 2.90. The van der Waals surface area contributed by atoms with Crippen molar-refractivity contribution in [2.75, 3.05) is 0 Å². The number of hydrogen-bond donors (Lipinski definition) is 2. The second-order valence-electron chi connectivity index (χ2n) is 4.72. The molecule has 0 spiro atoms. The second kappa shape index (κ2) is 6.05. The zero-order valence-electron chi connectivity index (χ0n) is 11.1. The van der Waals surface area contributed by atoms with Gasteiger partial charge in [0, 0.05) is 15.2 Å². The van der Waals surface area contributed by atoms with Gasteiger partial charge in [0.1, 0.15) is 5.82 Å². The summed E-state index contributed by atoms with van der Waals surface area (Å²) in [6.07, 6.45) is 1.77. The molecular formula is C16H13FIN3. The highest BCUT2D eigenvalue weighted by molar-refractivity contribution is 14.1. The highest BCUT2D eigenvalue weighted by Crippen LogP contribution is 2.28. The van der Waals surface area contributed by atoms with Crippen molar-refractivity contribution < 1.29 is 4.39 Å². The fraction of sp³-hybridized carbons (Fsp3) is 0.0625. The van der Waals surface area contributed by atoms with Gasteiger partial charge in [0.2, 0.25) is 0 Å². The Bertz CT molecular complexity index is 791. The van der Waals surface area contributed by atoms with Gasteiger partial charge in [-0.2, -0.15) is 0 Å². The van der Waals surface area contributed by atoms with Crippen LogP contribution in [0.1, 0.15) is 17.2 Å². The Morgan fingerprint density at radius 3 is 2.76 bits per heavy atom. The van der Waals surface area contributed by atoms with Gasteiger partial charge in [-0.25, -0.2) is 9.82 Å². The Kier molecular flexibility index (Phi) is 4.14. The molecule has 0 amide bonds. The molecule has 1 atom stereocenters. The number of nitrogens with zero attached hydrogens (tertiary/aromatic N) is 1. The monoisotopic (exact) mass is 393 g/mol. The number of aromatic nitrogens is 1. The number of fused-ring (bicyclic) bond motifs is 1. The number of benzene rings is 2. The molecule has 1 aromatic heterocycles. The van der Waals surface area contributed by atoms with E-state index in [1.165, 1.54) is 12.1 Å². The van der Waals surface area contributed by atoms with Gasteiger partial charge in [-0.3, -0.25) is 10.8 Å². The molecule has 3 rings (SSSR count). The molecule has 3 aromatic rings. The Labute approximate surface area is 135 Å². The summed E-state index contributed by atoms with van der Waals surface area (Å²) >= 11 is 2.12. The molecule has 0 fully saturated rings. The lowest BCUT2D eigenvalue weighted by Crippen LogP contribution is -2.29. The molecule has 0 aliphatic rings. The minimum atomic E-state index is -0.248. The average molecular weight is 393 g/mol.